The van der Waals surface area contributed by atoms with Crippen molar-refractivity contribution in [3.63, 3.8) is 0 Å². The maximum absolute atomic E-state index is 12.2. The van der Waals surface area contributed by atoms with Gasteiger partial charge in [0.2, 0.25) is 5.91 Å². The molecule has 5 nitrogen and oxygen atoms in total. The number of hydrogen-bond acceptors (Lipinski definition) is 4. The molecule has 104 valence electrons. The molecule has 0 saturated heterocycles. The zero-order valence-corrected chi connectivity index (χ0v) is 11.8. The Hall–Kier alpha value is -1.43. The summed E-state index contributed by atoms with van der Waals surface area (Å²) < 4.78 is 0. The molecule has 1 aromatic rings. The summed E-state index contributed by atoms with van der Waals surface area (Å²) in [5, 5.41) is 11.3. The maximum Gasteiger partial charge on any atom is 0.310 e. The SMILES string of the molecule is CN(Cc1cscn1)C(=O)CC1(C(=O)O)CCCC1. The Labute approximate surface area is 116 Å². The van der Waals surface area contributed by atoms with Crippen LogP contribution in [0.5, 0.6) is 0 Å². The Morgan fingerprint density at radius 3 is 2.68 bits per heavy atom. The molecule has 0 atom stereocenters. The number of aliphatic carboxylic acids is 1. The second-order valence-electron chi connectivity index (χ2n) is 5.20. The molecule has 1 fully saturated rings. The van der Waals surface area contributed by atoms with Crippen molar-refractivity contribution in [3.8, 4) is 0 Å². The van der Waals surface area contributed by atoms with E-state index in [2.05, 4.69) is 4.98 Å². The second-order valence-corrected chi connectivity index (χ2v) is 5.92. The molecule has 6 heteroatoms. The molecule has 1 saturated carbocycles. The van der Waals surface area contributed by atoms with E-state index in [9.17, 15) is 14.7 Å². The number of nitrogens with zero attached hydrogens (tertiary/aromatic N) is 2. The largest absolute Gasteiger partial charge is 0.481 e. The van der Waals surface area contributed by atoms with Crippen molar-refractivity contribution in [2.24, 2.45) is 5.41 Å². The summed E-state index contributed by atoms with van der Waals surface area (Å²) in [6.45, 7) is 0.442. The summed E-state index contributed by atoms with van der Waals surface area (Å²) in [5.41, 5.74) is 1.73. The molecule has 1 N–H and O–H groups in total. The number of carbonyl (C=O) groups excluding carboxylic acids is 1. The topological polar surface area (TPSA) is 70.5 Å². The lowest BCUT2D eigenvalue weighted by molar-refractivity contribution is -0.153. The summed E-state index contributed by atoms with van der Waals surface area (Å²) in [6.07, 6.45) is 3.12. The highest BCUT2D eigenvalue weighted by Gasteiger charge is 2.43. The molecule has 0 bridgehead atoms. The minimum Gasteiger partial charge on any atom is -0.481 e. The molecular weight excluding hydrogens is 264 g/mol. The van der Waals surface area contributed by atoms with Crippen molar-refractivity contribution in [1.82, 2.24) is 9.88 Å². The fourth-order valence-corrected chi connectivity index (χ4v) is 3.14. The van der Waals surface area contributed by atoms with Crippen LogP contribution in [-0.4, -0.2) is 33.9 Å². The van der Waals surface area contributed by atoms with Crippen molar-refractivity contribution >= 4 is 23.2 Å². The Bertz CT molecular complexity index is 452. The number of thiazole rings is 1. The Morgan fingerprint density at radius 2 is 2.16 bits per heavy atom. The van der Waals surface area contributed by atoms with Gasteiger partial charge in [0.15, 0.2) is 0 Å². The Balaban J connectivity index is 1.97. The first-order valence-electron chi connectivity index (χ1n) is 6.38. The van der Waals surface area contributed by atoms with Gasteiger partial charge in [-0.3, -0.25) is 9.59 Å². The van der Waals surface area contributed by atoms with E-state index in [0.29, 0.717) is 19.4 Å². The van der Waals surface area contributed by atoms with E-state index in [1.165, 1.54) is 11.3 Å². The van der Waals surface area contributed by atoms with Gasteiger partial charge in [0, 0.05) is 18.8 Å². The molecule has 1 aliphatic carbocycles. The maximum atomic E-state index is 12.2. The number of carboxylic acid groups (broad SMARTS) is 1. The highest BCUT2D eigenvalue weighted by atomic mass is 32.1. The lowest BCUT2D eigenvalue weighted by atomic mass is 9.82. The minimum atomic E-state index is -0.840. The summed E-state index contributed by atoms with van der Waals surface area (Å²) >= 11 is 1.49. The number of hydrogen-bond donors (Lipinski definition) is 1. The van der Waals surface area contributed by atoms with Crippen LogP contribution in [-0.2, 0) is 16.1 Å². The van der Waals surface area contributed by atoms with Crippen LogP contribution in [0.1, 0.15) is 37.8 Å². The van der Waals surface area contributed by atoms with Crippen LogP contribution in [0.3, 0.4) is 0 Å². The summed E-state index contributed by atoms with van der Waals surface area (Å²) in [6, 6.07) is 0. The van der Waals surface area contributed by atoms with Crippen molar-refractivity contribution in [3.05, 3.63) is 16.6 Å². The van der Waals surface area contributed by atoms with Crippen LogP contribution in [0.25, 0.3) is 0 Å². The Kier molecular flexibility index (Phi) is 4.19. The fourth-order valence-electron chi connectivity index (χ4n) is 2.59. The van der Waals surface area contributed by atoms with Crippen molar-refractivity contribution in [2.45, 2.75) is 38.6 Å². The van der Waals surface area contributed by atoms with Gasteiger partial charge in [-0.15, -0.1) is 11.3 Å². The monoisotopic (exact) mass is 282 g/mol. The number of rotatable bonds is 5. The first-order chi connectivity index (χ1) is 9.03. The van der Waals surface area contributed by atoms with Gasteiger partial charge in [-0.2, -0.15) is 0 Å². The molecule has 1 aromatic heterocycles. The molecule has 19 heavy (non-hydrogen) atoms. The predicted octanol–water partition coefficient (Wildman–Crippen LogP) is 2.14. The zero-order valence-electron chi connectivity index (χ0n) is 11.0. The fraction of sp³-hybridized carbons (Fsp3) is 0.615. The lowest BCUT2D eigenvalue weighted by Crippen LogP contribution is -2.36. The smallest absolute Gasteiger partial charge is 0.310 e. The van der Waals surface area contributed by atoms with Gasteiger partial charge in [-0.1, -0.05) is 12.8 Å². The Morgan fingerprint density at radius 1 is 1.47 bits per heavy atom. The van der Waals surface area contributed by atoms with E-state index in [0.717, 1.165) is 18.5 Å². The van der Waals surface area contributed by atoms with E-state index in [1.807, 2.05) is 5.38 Å². The number of aromatic nitrogens is 1. The van der Waals surface area contributed by atoms with Crippen LogP contribution in [0, 0.1) is 5.41 Å². The van der Waals surface area contributed by atoms with E-state index in [1.54, 1.807) is 17.5 Å². The summed E-state index contributed by atoms with van der Waals surface area (Å²) in [4.78, 5) is 29.3. The molecule has 1 aliphatic rings. The molecule has 0 aromatic carbocycles. The third-order valence-corrected chi connectivity index (χ3v) is 4.45. The molecule has 0 spiro atoms. The van der Waals surface area contributed by atoms with Crippen molar-refractivity contribution < 1.29 is 14.7 Å². The van der Waals surface area contributed by atoms with Crippen LogP contribution >= 0.6 is 11.3 Å². The summed E-state index contributed by atoms with van der Waals surface area (Å²) in [5.74, 6) is -0.947. The van der Waals surface area contributed by atoms with E-state index < -0.39 is 11.4 Å². The quantitative estimate of drug-likeness (QED) is 0.898. The third-order valence-electron chi connectivity index (χ3n) is 3.81. The van der Waals surface area contributed by atoms with Crippen molar-refractivity contribution in [2.75, 3.05) is 7.05 Å². The van der Waals surface area contributed by atoms with Gasteiger partial charge in [0.25, 0.3) is 0 Å². The first kappa shape index (κ1) is 14.0. The standard InChI is InChI=1S/C13H18N2O3S/c1-15(7-10-8-19-9-14-10)11(16)6-13(12(17)18)4-2-3-5-13/h8-9H,2-7H2,1H3,(H,17,18). The highest BCUT2D eigenvalue weighted by molar-refractivity contribution is 7.07. The molecule has 0 aliphatic heterocycles. The van der Waals surface area contributed by atoms with E-state index in [-0.39, 0.29) is 12.3 Å². The molecule has 1 amide bonds. The minimum absolute atomic E-state index is 0.100. The molecule has 0 radical (unpaired) electrons. The second kappa shape index (κ2) is 5.69. The van der Waals surface area contributed by atoms with Crippen molar-refractivity contribution in [1.29, 1.82) is 0 Å². The van der Waals surface area contributed by atoms with Crippen LogP contribution in [0.15, 0.2) is 10.9 Å². The molecule has 2 rings (SSSR count). The molecular formula is C13H18N2O3S. The van der Waals surface area contributed by atoms with Gasteiger partial charge in [-0.05, 0) is 12.8 Å². The molecule has 1 heterocycles. The van der Waals surface area contributed by atoms with Gasteiger partial charge >= 0.3 is 5.97 Å². The average Bonchev–Trinajstić information content (AvgIpc) is 3.00. The van der Waals surface area contributed by atoms with Gasteiger partial charge < -0.3 is 10.0 Å². The van der Waals surface area contributed by atoms with Gasteiger partial charge in [0.05, 0.1) is 23.2 Å². The number of carbonyl (C=O) groups is 2. The third kappa shape index (κ3) is 3.12. The summed E-state index contributed by atoms with van der Waals surface area (Å²) in [7, 11) is 1.70. The van der Waals surface area contributed by atoms with Crippen LogP contribution < -0.4 is 0 Å². The first-order valence-corrected chi connectivity index (χ1v) is 7.32. The predicted molar refractivity (Wildman–Crippen MR) is 71.7 cm³/mol. The van der Waals surface area contributed by atoms with E-state index in [4.69, 9.17) is 0 Å². The van der Waals surface area contributed by atoms with Gasteiger partial charge in [-0.25, -0.2) is 4.98 Å². The normalized spacial score (nSPS) is 17.3. The lowest BCUT2D eigenvalue weighted by Gasteiger charge is -2.26. The zero-order chi connectivity index (χ0) is 13.9. The average molecular weight is 282 g/mol. The number of carboxylic acids is 1. The molecule has 0 unspecified atom stereocenters. The van der Waals surface area contributed by atoms with Gasteiger partial charge in [0.1, 0.15) is 0 Å². The van der Waals surface area contributed by atoms with E-state index >= 15 is 0 Å². The highest BCUT2D eigenvalue weighted by Crippen LogP contribution is 2.41. The van der Waals surface area contributed by atoms with Crippen LogP contribution in [0.4, 0.5) is 0 Å². The number of amides is 1. The van der Waals surface area contributed by atoms with Crippen LogP contribution in [0.2, 0.25) is 0 Å².